The van der Waals surface area contributed by atoms with Crippen molar-refractivity contribution in [3.05, 3.63) is 29.8 Å². The van der Waals surface area contributed by atoms with Gasteiger partial charge in [-0.15, -0.1) is 0 Å². The van der Waals surface area contributed by atoms with Crippen LogP contribution in [0.25, 0.3) is 0 Å². The Labute approximate surface area is 180 Å². The van der Waals surface area contributed by atoms with E-state index in [-0.39, 0.29) is 35.5 Å². The molecule has 0 N–H and O–H groups in total. The van der Waals surface area contributed by atoms with Crippen molar-refractivity contribution in [2.75, 3.05) is 6.54 Å². The highest BCUT2D eigenvalue weighted by molar-refractivity contribution is 6.62. The largest absolute Gasteiger partial charge is 0.494 e. The number of carbonyl (C=O) groups is 1. The summed E-state index contributed by atoms with van der Waals surface area (Å²) in [6.45, 7) is 14.5. The van der Waals surface area contributed by atoms with E-state index in [4.69, 9.17) is 18.8 Å². The molecule has 7 heteroatoms. The summed E-state index contributed by atoms with van der Waals surface area (Å²) < 4.78 is 24.2. The second-order valence-corrected chi connectivity index (χ2v) is 10.7. The lowest BCUT2D eigenvalue weighted by Gasteiger charge is -2.41. The first-order valence-electron chi connectivity index (χ1n) is 11.0. The number of hydrogen-bond acceptors (Lipinski definition) is 5. The fourth-order valence-electron chi connectivity index (χ4n) is 4.37. The molecule has 3 saturated heterocycles. The van der Waals surface area contributed by atoms with Gasteiger partial charge in [0.15, 0.2) is 0 Å². The fraction of sp³-hybridized carbons (Fsp3) is 0.696. The van der Waals surface area contributed by atoms with Crippen LogP contribution in [-0.2, 0) is 18.8 Å². The molecule has 0 saturated carbocycles. The Bertz CT molecular complexity index is 785. The van der Waals surface area contributed by atoms with Crippen LogP contribution in [0.4, 0.5) is 4.79 Å². The first kappa shape index (κ1) is 21.7. The lowest BCUT2D eigenvalue weighted by Crippen LogP contribution is -2.49. The third kappa shape index (κ3) is 3.99. The summed E-state index contributed by atoms with van der Waals surface area (Å²) in [6.07, 6.45) is 1.75. The fourth-order valence-corrected chi connectivity index (χ4v) is 4.37. The summed E-state index contributed by atoms with van der Waals surface area (Å²) in [7, 11) is -0.399. The van der Waals surface area contributed by atoms with Gasteiger partial charge in [-0.2, -0.15) is 0 Å². The van der Waals surface area contributed by atoms with E-state index in [0.717, 1.165) is 23.9 Å². The number of morpholine rings is 1. The van der Waals surface area contributed by atoms with E-state index in [9.17, 15) is 4.79 Å². The van der Waals surface area contributed by atoms with Gasteiger partial charge >= 0.3 is 13.2 Å². The summed E-state index contributed by atoms with van der Waals surface area (Å²) in [6, 6.07) is 8.04. The SMILES string of the molecule is CC(C)(C)OC(=O)N1C[C@@H]2CC[C@@H](O2)[C@@H]1c1ccc(B2OC(C)(C)C(C)(C)O2)cc1. The van der Waals surface area contributed by atoms with Crippen molar-refractivity contribution < 1.29 is 23.6 Å². The Kier molecular flexibility index (Phi) is 5.23. The van der Waals surface area contributed by atoms with Gasteiger partial charge in [0, 0.05) is 0 Å². The average Bonchev–Trinajstić information content (AvgIpc) is 3.10. The number of carbonyl (C=O) groups excluding carboxylic acids is 1. The second-order valence-electron chi connectivity index (χ2n) is 10.7. The van der Waals surface area contributed by atoms with Gasteiger partial charge in [0.1, 0.15) is 5.60 Å². The van der Waals surface area contributed by atoms with Crippen LogP contribution in [-0.4, -0.2) is 53.7 Å². The summed E-state index contributed by atoms with van der Waals surface area (Å²) in [4.78, 5) is 14.8. The molecule has 2 bridgehead atoms. The van der Waals surface area contributed by atoms with Crippen molar-refractivity contribution in [2.45, 2.75) is 96.4 Å². The molecule has 1 aromatic carbocycles. The molecule has 0 unspecified atom stereocenters. The van der Waals surface area contributed by atoms with E-state index in [1.54, 1.807) is 0 Å². The van der Waals surface area contributed by atoms with E-state index in [2.05, 4.69) is 39.8 Å². The zero-order valence-electron chi connectivity index (χ0n) is 19.2. The van der Waals surface area contributed by atoms with Crippen molar-refractivity contribution in [3.63, 3.8) is 0 Å². The summed E-state index contributed by atoms with van der Waals surface area (Å²) >= 11 is 0. The Morgan fingerprint density at radius 1 is 1.07 bits per heavy atom. The zero-order chi connectivity index (χ0) is 21.9. The van der Waals surface area contributed by atoms with Gasteiger partial charge in [-0.25, -0.2) is 4.79 Å². The van der Waals surface area contributed by atoms with Crippen LogP contribution in [0.15, 0.2) is 24.3 Å². The molecule has 164 valence electrons. The number of fused-ring (bicyclic) bond motifs is 2. The molecule has 0 aromatic heterocycles. The summed E-state index contributed by atoms with van der Waals surface area (Å²) in [5.74, 6) is 0. The molecular formula is C23H34BNO5. The summed E-state index contributed by atoms with van der Waals surface area (Å²) in [5, 5.41) is 0. The molecule has 0 spiro atoms. The van der Waals surface area contributed by atoms with Crippen molar-refractivity contribution in [3.8, 4) is 0 Å². The predicted octanol–water partition coefficient (Wildman–Crippen LogP) is 3.83. The van der Waals surface area contributed by atoms with E-state index in [0.29, 0.717) is 6.54 Å². The zero-order valence-corrected chi connectivity index (χ0v) is 19.2. The molecule has 30 heavy (non-hydrogen) atoms. The number of rotatable bonds is 2. The molecule has 1 amide bonds. The molecule has 3 aliphatic rings. The molecule has 0 aliphatic carbocycles. The predicted molar refractivity (Wildman–Crippen MR) is 116 cm³/mol. The van der Waals surface area contributed by atoms with Crippen LogP contribution in [0, 0.1) is 0 Å². The number of amides is 1. The monoisotopic (exact) mass is 415 g/mol. The first-order chi connectivity index (χ1) is 13.9. The molecule has 1 aromatic rings. The highest BCUT2D eigenvalue weighted by Crippen LogP contribution is 2.41. The van der Waals surface area contributed by atoms with Crippen molar-refractivity contribution in [2.24, 2.45) is 0 Å². The van der Waals surface area contributed by atoms with Gasteiger partial charge in [-0.05, 0) is 72.3 Å². The molecule has 3 fully saturated rings. The van der Waals surface area contributed by atoms with Gasteiger partial charge in [0.05, 0.1) is 36.0 Å². The van der Waals surface area contributed by atoms with Crippen molar-refractivity contribution in [1.29, 1.82) is 0 Å². The van der Waals surface area contributed by atoms with Crippen LogP contribution >= 0.6 is 0 Å². The third-order valence-corrected chi connectivity index (χ3v) is 6.66. The molecule has 4 rings (SSSR count). The maximum absolute atomic E-state index is 12.9. The second kappa shape index (κ2) is 7.25. The van der Waals surface area contributed by atoms with Crippen LogP contribution in [0.1, 0.15) is 72.9 Å². The van der Waals surface area contributed by atoms with Gasteiger partial charge in [0.25, 0.3) is 0 Å². The van der Waals surface area contributed by atoms with Gasteiger partial charge in [0.2, 0.25) is 0 Å². The minimum atomic E-state index is -0.528. The lowest BCUT2D eigenvalue weighted by atomic mass is 9.78. The molecule has 6 nitrogen and oxygen atoms in total. The number of ether oxygens (including phenoxy) is 2. The minimum absolute atomic E-state index is 0.000958. The Balaban J connectivity index is 1.56. The van der Waals surface area contributed by atoms with Crippen LogP contribution in [0.2, 0.25) is 0 Å². The van der Waals surface area contributed by atoms with Gasteiger partial charge in [-0.1, -0.05) is 24.3 Å². The summed E-state index contributed by atoms with van der Waals surface area (Å²) in [5.41, 5.74) is 0.744. The third-order valence-electron chi connectivity index (χ3n) is 6.66. The number of hydrogen-bond donors (Lipinski definition) is 0. The van der Waals surface area contributed by atoms with E-state index >= 15 is 0 Å². The first-order valence-corrected chi connectivity index (χ1v) is 11.0. The molecule has 0 radical (unpaired) electrons. The molecular weight excluding hydrogens is 381 g/mol. The van der Waals surface area contributed by atoms with E-state index in [1.807, 2.05) is 37.8 Å². The molecule has 3 aliphatic heterocycles. The highest BCUT2D eigenvalue weighted by atomic mass is 16.7. The average molecular weight is 415 g/mol. The van der Waals surface area contributed by atoms with E-state index in [1.165, 1.54) is 0 Å². The van der Waals surface area contributed by atoms with Crippen molar-refractivity contribution >= 4 is 18.7 Å². The van der Waals surface area contributed by atoms with Gasteiger partial charge in [-0.3, -0.25) is 4.90 Å². The highest BCUT2D eigenvalue weighted by Gasteiger charge is 2.52. The van der Waals surface area contributed by atoms with Gasteiger partial charge < -0.3 is 18.8 Å². The van der Waals surface area contributed by atoms with E-state index < -0.39 is 12.7 Å². The Morgan fingerprint density at radius 3 is 2.23 bits per heavy atom. The molecule has 3 heterocycles. The number of nitrogens with zero attached hydrogens (tertiary/aromatic N) is 1. The Hall–Kier alpha value is -1.57. The standard InChI is InChI=1S/C23H34BNO5/c1-21(2,3)28-20(26)25-14-17-12-13-18(27-17)19(25)15-8-10-16(11-9-15)24-29-22(4,5)23(6,7)30-24/h8-11,17-19H,12-14H2,1-7H3/t17-,18+,19-/m0/s1. The van der Waals surface area contributed by atoms with Crippen LogP contribution in [0.3, 0.4) is 0 Å². The Morgan fingerprint density at radius 2 is 1.67 bits per heavy atom. The normalized spacial score (nSPS) is 29.9. The maximum Gasteiger partial charge on any atom is 0.494 e. The number of likely N-dealkylation sites (tertiary alicyclic amines) is 1. The quantitative estimate of drug-likeness (QED) is 0.688. The topological polar surface area (TPSA) is 57.2 Å². The van der Waals surface area contributed by atoms with Crippen LogP contribution in [0.5, 0.6) is 0 Å². The lowest BCUT2D eigenvalue weighted by molar-refractivity contribution is -0.0823. The van der Waals surface area contributed by atoms with Crippen LogP contribution < -0.4 is 5.46 Å². The maximum atomic E-state index is 12.9. The van der Waals surface area contributed by atoms with Crippen molar-refractivity contribution in [1.82, 2.24) is 4.90 Å². The molecule has 3 atom stereocenters. The smallest absolute Gasteiger partial charge is 0.444 e. The number of benzene rings is 1. The minimum Gasteiger partial charge on any atom is -0.444 e.